The van der Waals surface area contributed by atoms with Crippen molar-refractivity contribution in [3.63, 3.8) is 0 Å². The zero-order chi connectivity index (χ0) is 37.1. The van der Waals surface area contributed by atoms with Gasteiger partial charge in [-0.25, -0.2) is 4.79 Å². The number of esters is 2. The third-order valence-electron chi connectivity index (χ3n) is 8.50. The molecule has 2 unspecified atom stereocenters. The zero-order valence-corrected chi connectivity index (χ0v) is 32.6. The Bertz CT molecular complexity index is 964. The highest BCUT2D eigenvalue weighted by atomic mass is 16.6. The molecule has 8 nitrogen and oxygen atoms in total. The number of carboxylic acids is 1. The molecule has 0 aliphatic carbocycles. The molecular formula is C42H74NO7+. The number of nitrogens with zero attached hydrogens (tertiary/aromatic N) is 1. The van der Waals surface area contributed by atoms with Gasteiger partial charge in [0.05, 0.1) is 40.8 Å². The Hall–Kier alpha value is -2.71. The Labute approximate surface area is 306 Å². The standard InChI is InChI=1S/C42H73NO7/c1-6-8-10-12-14-16-17-18-19-20-21-22-23-25-27-29-31-33-41(45)50-38(36-48-35-34-39(42(46)47)43(3,4)5)37-49-40(44)32-30-28-26-24-15-13-11-9-7-2/h9,11,15,18-19,24,28,30,38-39H,6-8,10,12-14,16-17,20-23,25-27,29,31-37H2,1-5H3/p+1/b11-9+,19-18+,24-15+,30-28+. The number of allylic oxidation sites excluding steroid dienone is 7. The van der Waals surface area contributed by atoms with Gasteiger partial charge in [-0.1, -0.05) is 127 Å². The molecule has 0 amide bonds. The van der Waals surface area contributed by atoms with Gasteiger partial charge in [-0.2, -0.15) is 0 Å². The molecule has 0 fully saturated rings. The summed E-state index contributed by atoms with van der Waals surface area (Å²) in [4.78, 5) is 36.7. The maximum atomic E-state index is 12.6. The van der Waals surface area contributed by atoms with Crippen molar-refractivity contribution in [1.82, 2.24) is 0 Å². The number of likely N-dealkylation sites (N-methyl/N-ethyl adjacent to an activating group) is 1. The zero-order valence-electron chi connectivity index (χ0n) is 32.6. The van der Waals surface area contributed by atoms with Gasteiger partial charge in [0.2, 0.25) is 0 Å². The molecule has 50 heavy (non-hydrogen) atoms. The number of unbranched alkanes of at least 4 members (excludes halogenated alkanes) is 13. The van der Waals surface area contributed by atoms with Crippen molar-refractivity contribution in [2.24, 2.45) is 0 Å². The number of aliphatic carboxylic acids is 1. The third kappa shape index (κ3) is 31.3. The van der Waals surface area contributed by atoms with Crippen molar-refractivity contribution in [3.05, 3.63) is 48.6 Å². The molecule has 0 aromatic rings. The number of carboxylic acid groups (broad SMARTS) is 1. The molecule has 0 radical (unpaired) electrons. The van der Waals surface area contributed by atoms with Gasteiger partial charge in [-0.15, -0.1) is 0 Å². The Morgan fingerprint density at radius 3 is 1.74 bits per heavy atom. The SMILES string of the molecule is CC/C=C/C/C=C/C/C=C/CC(=O)OCC(COCCC(C(=O)O)[N+](C)(C)C)OC(=O)CCCCCCCCC/C=C/CCCCCCCC. The van der Waals surface area contributed by atoms with Crippen molar-refractivity contribution < 1.29 is 38.2 Å². The van der Waals surface area contributed by atoms with E-state index in [0.29, 0.717) is 12.8 Å². The quantitative estimate of drug-likeness (QED) is 0.0308. The summed E-state index contributed by atoms with van der Waals surface area (Å²) in [7, 11) is 5.49. The summed E-state index contributed by atoms with van der Waals surface area (Å²) in [5.74, 6) is -1.63. The Morgan fingerprint density at radius 1 is 0.640 bits per heavy atom. The van der Waals surface area contributed by atoms with Crippen molar-refractivity contribution in [2.45, 2.75) is 161 Å². The highest BCUT2D eigenvalue weighted by Gasteiger charge is 2.31. The first-order chi connectivity index (χ1) is 24.1. The predicted octanol–water partition coefficient (Wildman–Crippen LogP) is 10.1. The normalized spacial score (nSPS) is 13.5. The van der Waals surface area contributed by atoms with Gasteiger partial charge >= 0.3 is 17.9 Å². The largest absolute Gasteiger partial charge is 0.477 e. The lowest BCUT2D eigenvalue weighted by atomic mass is 10.1. The van der Waals surface area contributed by atoms with Crippen molar-refractivity contribution in [2.75, 3.05) is 41.0 Å². The van der Waals surface area contributed by atoms with Gasteiger partial charge in [-0.3, -0.25) is 9.59 Å². The van der Waals surface area contributed by atoms with Crippen LogP contribution in [0.4, 0.5) is 0 Å². The van der Waals surface area contributed by atoms with Crippen molar-refractivity contribution >= 4 is 17.9 Å². The summed E-state index contributed by atoms with van der Waals surface area (Å²) in [6.45, 7) is 4.48. The predicted molar refractivity (Wildman–Crippen MR) is 206 cm³/mol. The first-order valence-corrected chi connectivity index (χ1v) is 19.7. The van der Waals surface area contributed by atoms with E-state index in [1.807, 2.05) is 27.2 Å². The Morgan fingerprint density at radius 2 is 1.18 bits per heavy atom. The van der Waals surface area contributed by atoms with Crippen LogP contribution in [0, 0.1) is 0 Å². The molecule has 288 valence electrons. The Kier molecular flexibility index (Phi) is 31.6. The summed E-state index contributed by atoms with van der Waals surface area (Å²) < 4.78 is 17.1. The van der Waals surface area contributed by atoms with Crippen molar-refractivity contribution in [3.8, 4) is 0 Å². The number of hydrogen-bond acceptors (Lipinski definition) is 6. The van der Waals surface area contributed by atoms with Gasteiger partial charge in [-0.05, 0) is 51.4 Å². The molecule has 0 saturated heterocycles. The highest BCUT2D eigenvalue weighted by molar-refractivity contribution is 5.72. The average molecular weight is 705 g/mol. The van der Waals surface area contributed by atoms with Crippen LogP contribution in [0.3, 0.4) is 0 Å². The number of carbonyl (C=O) groups is 3. The monoisotopic (exact) mass is 705 g/mol. The molecule has 1 N–H and O–H groups in total. The smallest absolute Gasteiger partial charge is 0.362 e. The molecule has 0 saturated carbocycles. The fourth-order valence-corrected chi connectivity index (χ4v) is 5.44. The van der Waals surface area contributed by atoms with E-state index in [1.165, 1.54) is 77.0 Å². The van der Waals surface area contributed by atoms with E-state index in [1.54, 1.807) is 6.08 Å². The van der Waals surface area contributed by atoms with Gasteiger partial charge in [0.15, 0.2) is 12.1 Å². The summed E-state index contributed by atoms with van der Waals surface area (Å²) in [5, 5.41) is 9.57. The molecular weight excluding hydrogens is 630 g/mol. The van der Waals surface area contributed by atoms with Gasteiger partial charge in [0.25, 0.3) is 0 Å². The number of quaternary nitrogens is 1. The van der Waals surface area contributed by atoms with Crippen molar-refractivity contribution in [1.29, 1.82) is 0 Å². The summed E-state index contributed by atoms with van der Waals surface area (Å²) >= 11 is 0. The molecule has 0 spiro atoms. The van der Waals surface area contributed by atoms with Crippen LogP contribution >= 0.6 is 0 Å². The van der Waals surface area contributed by atoms with E-state index in [-0.39, 0.29) is 36.7 Å². The second kappa shape index (κ2) is 33.4. The third-order valence-corrected chi connectivity index (χ3v) is 8.50. The molecule has 0 heterocycles. The summed E-state index contributed by atoms with van der Waals surface area (Å²) in [5.41, 5.74) is 0. The molecule has 0 aliphatic rings. The van der Waals surface area contributed by atoms with E-state index in [9.17, 15) is 19.5 Å². The topological polar surface area (TPSA) is 99.1 Å². The van der Waals surface area contributed by atoms with Crippen LogP contribution in [0.5, 0.6) is 0 Å². The second-order valence-electron chi connectivity index (χ2n) is 14.2. The summed E-state index contributed by atoms with van der Waals surface area (Å²) in [6, 6.07) is -0.625. The number of ether oxygens (including phenoxy) is 3. The lowest BCUT2D eigenvalue weighted by Gasteiger charge is -2.31. The lowest BCUT2D eigenvalue weighted by molar-refractivity contribution is -0.887. The molecule has 0 aliphatic heterocycles. The van der Waals surface area contributed by atoms with Crippen LogP contribution in [0.2, 0.25) is 0 Å². The van der Waals surface area contributed by atoms with Crippen LogP contribution in [0.15, 0.2) is 48.6 Å². The van der Waals surface area contributed by atoms with Crippen LogP contribution in [-0.4, -0.2) is 80.6 Å². The minimum atomic E-state index is -0.888. The highest BCUT2D eigenvalue weighted by Crippen LogP contribution is 2.13. The first kappa shape index (κ1) is 47.3. The van der Waals surface area contributed by atoms with Gasteiger partial charge in [0, 0.05) is 12.8 Å². The minimum Gasteiger partial charge on any atom is -0.477 e. The number of carbonyl (C=O) groups excluding carboxylic acids is 2. The lowest BCUT2D eigenvalue weighted by Crippen LogP contribution is -2.50. The van der Waals surface area contributed by atoms with Crippen LogP contribution in [0.25, 0.3) is 0 Å². The maximum absolute atomic E-state index is 12.6. The Balaban J connectivity index is 4.43. The number of rotatable bonds is 34. The van der Waals surface area contributed by atoms with Gasteiger partial charge in [0.1, 0.15) is 6.61 Å². The fraction of sp³-hybridized carbons (Fsp3) is 0.738. The molecule has 8 heteroatoms. The van der Waals surface area contributed by atoms with E-state index in [0.717, 1.165) is 38.5 Å². The van der Waals surface area contributed by atoms with Crippen LogP contribution in [0.1, 0.15) is 149 Å². The van der Waals surface area contributed by atoms with E-state index in [4.69, 9.17) is 14.2 Å². The fourth-order valence-electron chi connectivity index (χ4n) is 5.44. The number of hydrogen-bond donors (Lipinski definition) is 1. The van der Waals surface area contributed by atoms with E-state index in [2.05, 4.69) is 50.3 Å². The minimum absolute atomic E-state index is 0.0316. The van der Waals surface area contributed by atoms with E-state index >= 15 is 0 Å². The van der Waals surface area contributed by atoms with Gasteiger partial charge < -0.3 is 23.8 Å². The van der Waals surface area contributed by atoms with E-state index < -0.39 is 24.1 Å². The van der Waals surface area contributed by atoms with Crippen LogP contribution in [-0.2, 0) is 28.6 Å². The first-order valence-electron chi connectivity index (χ1n) is 19.7. The molecule has 0 aromatic heterocycles. The summed E-state index contributed by atoms with van der Waals surface area (Å²) in [6.07, 6.45) is 37.7. The van der Waals surface area contributed by atoms with Crippen LogP contribution < -0.4 is 0 Å². The second-order valence-corrected chi connectivity index (χ2v) is 14.2. The molecule has 0 rings (SSSR count). The molecule has 0 bridgehead atoms. The maximum Gasteiger partial charge on any atom is 0.362 e. The molecule has 0 aromatic carbocycles. The molecule has 2 atom stereocenters. The average Bonchev–Trinajstić information content (AvgIpc) is 3.06.